The van der Waals surface area contributed by atoms with Gasteiger partial charge in [-0.15, -0.1) is 0 Å². The largest absolute Gasteiger partial charge is 0.0683 e. The topological polar surface area (TPSA) is 0 Å². The maximum absolute atomic E-state index is 2.40. The van der Waals surface area contributed by atoms with Crippen LogP contribution in [0.25, 0.3) is 0 Å². The average molecular weight is 1160 g/mol. The summed E-state index contributed by atoms with van der Waals surface area (Å²) in [5.74, 6) is 11.6. The lowest BCUT2D eigenvalue weighted by atomic mass is 9.74. The second-order valence-electron chi connectivity index (χ2n) is 34.9. The summed E-state index contributed by atoms with van der Waals surface area (Å²) in [6.45, 7) is 85.9. The van der Waals surface area contributed by atoms with E-state index in [2.05, 4.69) is 235 Å². The van der Waals surface area contributed by atoms with Gasteiger partial charge >= 0.3 is 0 Å². The van der Waals surface area contributed by atoms with Gasteiger partial charge in [-0.3, -0.25) is 0 Å². The molecule has 0 amide bonds. The second kappa shape index (κ2) is 54.0. The Morgan fingerprint density at radius 1 is 0.366 bits per heavy atom. The molecule has 7 saturated carbocycles. The highest BCUT2D eigenvalue weighted by Gasteiger charge is 2.43. The summed E-state index contributed by atoms with van der Waals surface area (Å²) in [5.41, 5.74) is 3.53. The van der Waals surface area contributed by atoms with Crippen molar-refractivity contribution >= 4 is 0 Å². The molecule has 7 aliphatic rings. The number of hydrogen-bond acceptors (Lipinski definition) is 0. The molecule has 5 atom stereocenters. The van der Waals surface area contributed by atoms with Gasteiger partial charge < -0.3 is 0 Å². The fraction of sp³-hybridized carbons (Fsp3) is 1.00. The zero-order valence-corrected chi connectivity index (χ0v) is 66.3. The summed E-state index contributed by atoms with van der Waals surface area (Å²) in [6.07, 6.45) is 37.5. The molecule has 3 unspecified atom stereocenters. The molecule has 7 fully saturated rings. The molecule has 0 heteroatoms. The molecule has 82 heavy (non-hydrogen) atoms. The highest BCUT2D eigenvalue weighted by atomic mass is 14.5. The van der Waals surface area contributed by atoms with E-state index in [0.29, 0.717) is 32.5 Å². The van der Waals surface area contributed by atoms with Crippen molar-refractivity contribution < 1.29 is 0 Å². The minimum Gasteiger partial charge on any atom is -0.0683 e. The fourth-order valence-electron chi connectivity index (χ4n) is 10.6. The first kappa shape index (κ1) is 95.6. The van der Waals surface area contributed by atoms with Gasteiger partial charge in [0.25, 0.3) is 0 Å². The van der Waals surface area contributed by atoms with E-state index in [1.54, 1.807) is 0 Å². The van der Waals surface area contributed by atoms with Gasteiger partial charge in [0.15, 0.2) is 0 Å². The van der Waals surface area contributed by atoms with Gasteiger partial charge in [-0.2, -0.15) is 0 Å². The third-order valence-electron chi connectivity index (χ3n) is 19.8. The smallest absolute Gasteiger partial charge is 0.0323 e. The van der Waals surface area contributed by atoms with Crippen LogP contribution in [0.1, 0.15) is 430 Å². The summed E-state index contributed by atoms with van der Waals surface area (Å²) in [7, 11) is 0. The summed E-state index contributed by atoms with van der Waals surface area (Å²) >= 11 is 0. The van der Waals surface area contributed by atoms with Crippen molar-refractivity contribution in [2.75, 3.05) is 0 Å². The van der Waals surface area contributed by atoms with Gasteiger partial charge in [0.05, 0.1) is 0 Å². The monoisotopic (exact) mass is 1160 g/mol. The van der Waals surface area contributed by atoms with Gasteiger partial charge in [-0.25, -0.2) is 0 Å². The molecule has 0 aromatic heterocycles. The van der Waals surface area contributed by atoms with E-state index >= 15 is 0 Å². The molecule has 0 nitrogen and oxygen atoms in total. The van der Waals surface area contributed by atoms with E-state index in [1.165, 1.54) is 167 Å². The van der Waals surface area contributed by atoms with Crippen molar-refractivity contribution in [3.8, 4) is 0 Å². The van der Waals surface area contributed by atoms with Crippen molar-refractivity contribution in [2.45, 2.75) is 430 Å². The SMILES string of the molecule is CC.CC.CC(C)(C)C.CC(C)C.CC1C(C)(C)CCC1(C)C.CC1CCC(C)(C)CC1.CC1CCC(C)C1C.CC1CCCC1.CC1CCCCC1.CC1CCC[C@H]1C.CCC.CCC(C)(C)C.CCC(C)C.C[C@@H]1CCCC1(C)C. The van der Waals surface area contributed by atoms with Crippen LogP contribution < -0.4 is 0 Å². The standard InChI is InChI=1S/C10H20.C9H18.2C8H16.2C7H14.C6H12.C6H14.2C5H12.C4H10.C3H8.2C2H6/c1-8-9(2,3)6-7-10(8,4)5;1-8-4-6-9(2,3)7-5-8;1-7-5-4-6-8(7,2)3;1-6-4-5-7(2)8(6)3;1-6-4-3-5-7(6)2;1-7-5-3-2-4-6-7;1-6-4-2-3-5-6;1-5-6(2,3)4;1-5(2,3)4;1-4-5(2)3;1-4(2)3;1-3-2;2*1-2/h8H,6-7H2,1-5H3;8H,4-7H2,1-3H3;7H,4-6H2,1-3H3;6-8H,4-5H2,1-3H3;6-7H,3-5H2,1-2H3;7H,2-6H2,1H3;6H,2-5H2,1H3;5H2,1-4H3;1-4H3;5H,4H2,1-3H3;4H,1-3H3;3H2,1-2H3;2*1-2H3/t;;7-;;6-,7?;;;;;;;;;/m..1.1........./s1. The normalized spacial score (nSPS) is 25.6. The lowest BCUT2D eigenvalue weighted by molar-refractivity contribution is 0.179. The summed E-state index contributed by atoms with van der Waals surface area (Å²) < 4.78 is 0. The van der Waals surface area contributed by atoms with Crippen LogP contribution in [0.4, 0.5) is 0 Å². The Labute approximate surface area is 530 Å². The predicted molar refractivity (Wildman–Crippen MR) is 392 cm³/mol. The maximum atomic E-state index is 2.40. The maximum Gasteiger partial charge on any atom is -0.0323 e. The van der Waals surface area contributed by atoms with E-state index in [1.807, 2.05) is 27.7 Å². The molecule has 0 bridgehead atoms. The Morgan fingerprint density at radius 3 is 0.756 bits per heavy atom. The van der Waals surface area contributed by atoms with Crippen molar-refractivity contribution in [2.24, 2.45) is 104 Å². The molecule has 0 aromatic rings. The summed E-state index contributed by atoms with van der Waals surface area (Å²) in [6, 6.07) is 0. The number of rotatable bonds is 1. The van der Waals surface area contributed by atoms with Crippen LogP contribution in [0.3, 0.4) is 0 Å². The highest BCUT2D eigenvalue weighted by molar-refractivity contribution is 4.93. The van der Waals surface area contributed by atoms with Crippen LogP contribution in [0.5, 0.6) is 0 Å². The highest BCUT2D eigenvalue weighted by Crippen LogP contribution is 2.53. The molecule has 0 aliphatic heterocycles. The molecular formula is C82H178. The molecule has 0 N–H and O–H groups in total. The van der Waals surface area contributed by atoms with Gasteiger partial charge in [0.1, 0.15) is 0 Å². The molecule has 0 radical (unpaired) electrons. The summed E-state index contributed by atoms with van der Waals surface area (Å²) in [4.78, 5) is 0. The van der Waals surface area contributed by atoms with Crippen molar-refractivity contribution in [3.05, 3.63) is 0 Å². The first-order chi connectivity index (χ1) is 37.4. The van der Waals surface area contributed by atoms with Gasteiger partial charge in [0, 0.05) is 0 Å². The summed E-state index contributed by atoms with van der Waals surface area (Å²) in [5, 5.41) is 0. The first-order valence-electron chi connectivity index (χ1n) is 37.4. The Kier molecular flexibility index (Phi) is 63.0. The van der Waals surface area contributed by atoms with Crippen molar-refractivity contribution in [1.29, 1.82) is 0 Å². The molecule has 506 valence electrons. The number of hydrogen-bond donors (Lipinski definition) is 0. The zero-order valence-electron chi connectivity index (χ0n) is 66.3. The molecule has 0 spiro atoms. The predicted octanol–water partition coefficient (Wildman–Crippen LogP) is 31.1. The van der Waals surface area contributed by atoms with E-state index in [-0.39, 0.29) is 0 Å². The first-order valence-corrected chi connectivity index (χ1v) is 37.4. The van der Waals surface area contributed by atoms with E-state index in [4.69, 9.17) is 0 Å². The third kappa shape index (κ3) is 66.0. The van der Waals surface area contributed by atoms with Crippen LogP contribution in [0.2, 0.25) is 0 Å². The molecular weight excluding hydrogens is 985 g/mol. The van der Waals surface area contributed by atoms with Crippen LogP contribution in [0.15, 0.2) is 0 Å². The van der Waals surface area contributed by atoms with Crippen LogP contribution in [0, 0.1) is 104 Å². The van der Waals surface area contributed by atoms with E-state index in [0.717, 1.165) is 71.0 Å². The quantitative estimate of drug-likeness (QED) is 0.245. The molecule has 7 aliphatic carbocycles. The minimum absolute atomic E-state index is 0.500. The van der Waals surface area contributed by atoms with Crippen LogP contribution in [-0.4, -0.2) is 0 Å². The Morgan fingerprint density at radius 2 is 0.646 bits per heavy atom. The zero-order chi connectivity index (χ0) is 66.3. The fourth-order valence-corrected chi connectivity index (χ4v) is 10.6. The van der Waals surface area contributed by atoms with E-state index in [9.17, 15) is 0 Å². The minimum atomic E-state index is 0.500. The molecule has 7 rings (SSSR count). The average Bonchev–Trinajstić information content (AvgIpc) is 4.20. The van der Waals surface area contributed by atoms with Crippen LogP contribution in [-0.2, 0) is 0 Å². The Hall–Kier alpha value is 0. The molecule has 0 saturated heterocycles. The Balaban J connectivity index is -0.000000150. The van der Waals surface area contributed by atoms with E-state index < -0.39 is 0 Å². The lowest BCUT2D eigenvalue weighted by Crippen LogP contribution is -2.24. The molecule has 0 heterocycles. The van der Waals surface area contributed by atoms with Crippen molar-refractivity contribution in [1.82, 2.24) is 0 Å². The van der Waals surface area contributed by atoms with Crippen molar-refractivity contribution in [3.63, 3.8) is 0 Å². The lowest BCUT2D eigenvalue weighted by Gasteiger charge is -2.32. The third-order valence-corrected chi connectivity index (χ3v) is 19.8. The van der Waals surface area contributed by atoms with Gasteiger partial charge in [0.2, 0.25) is 0 Å². The second-order valence-corrected chi connectivity index (χ2v) is 34.9. The van der Waals surface area contributed by atoms with Gasteiger partial charge in [-0.1, -0.05) is 398 Å². The Bertz CT molecular complexity index is 1190. The van der Waals surface area contributed by atoms with Crippen LogP contribution >= 0.6 is 0 Å². The molecule has 0 aromatic carbocycles. The van der Waals surface area contributed by atoms with Gasteiger partial charge in [-0.05, 0) is 136 Å².